The first-order valence-electron chi connectivity index (χ1n) is 5.33. The molecule has 0 spiro atoms. The van der Waals surface area contributed by atoms with Gasteiger partial charge in [-0.1, -0.05) is 13.0 Å². The molecular formula is C13H16O2. The summed E-state index contributed by atoms with van der Waals surface area (Å²) in [5, 5.41) is 0. The summed E-state index contributed by atoms with van der Waals surface area (Å²) < 4.78 is 5.44. The Kier molecular flexibility index (Phi) is 2.10. The van der Waals surface area contributed by atoms with E-state index in [4.69, 9.17) is 4.74 Å². The molecule has 0 aliphatic carbocycles. The van der Waals surface area contributed by atoms with Gasteiger partial charge < -0.3 is 4.74 Å². The zero-order chi connectivity index (χ0) is 11.2. The van der Waals surface area contributed by atoms with Crippen LogP contribution in [0.15, 0.2) is 12.1 Å². The largest absolute Gasteiger partial charge is 0.451 e. The van der Waals surface area contributed by atoms with Crippen LogP contribution in [0.25, 0.3) is 0 Å². The van der Waals surface area contributed by atoms with Crippen molar-refractivity contribution in [2.45, 2.75) is 39.7 Å². The Labute approximate surface area is 90.3 Å². The van der Waals surface area contributed by atoms with Gasteiger partial charge in [-0.3, -0.25) is 0 Å². The van der Waals surface area contributed by atoms with Gasteiger partial charge in [-0.25, -0.2) is 4.79 Å². The van der Waals surface area contributed by atoms with Gasteiger partial charge in [0.2, 0.25) is 0 Å². The maximum atomic E-state index is 11.7. The highest BCUT2D eigenvalue weighted by molar-refractivity contribution is 5.95. The molecule has 0 radical (unpaired) electrons. The normalized spacial score (nSPS) is 23.9. The minimum absolute atomic E-state index is 0.183. The fraction of sp³-hybridized carbons (Fsp3) is 0.462. The summed E-state index contributed by atoms with van der Waals surface area (Å²) in [6.45, 7) is 8.10. The van der Waals surface area contributed by atoms with Crippen LogP contribution in [0, 0.1) is 13.8 Å². The molecule has 15 heavy (non-hydrogen) atoms. The predicted molar refractivity (Wildman–Crippen MR) is 59.0 cm³/mol. The Bertz CT molecular complexity index is 434. The number of hydrogen-bond acceptors (Lipinski definition) is 2. The van der Waals surface area contributed by atoms with Crippen LogP contribution in [-0.4, -0.2) is 5.97 Å². The van der Waals surface area contributed by atoms with Gasteiger partial charge in [0.25, 0.3) is 0 Å². The minimum Gasteiger partial charge on any atom is -0.451 e. The van der Waals surface area contributed by atoms with Crippen molar-refractivity contribution >= 4 is 5.97 Å². The molecule has 1 heterocycles. The molecule has 0 amide bonds. The third-order valence-corrected chi connectivity index (χ3v) is 3.42. The van der Waals surface area contributed by atoms with E-state index in [0.717, 1.165) is 23.1 Å². The molecule has 0 saturated heterocycles. The molecule has 80 valence electrons. The highest BCUT2D eigenvalue weighted by Crippen LogP contribution is 2.39. The van der Waals surface area contributed by atoms with Gasteiger partial charge in [-0.2, -0.15) is 0 Å². The number of carbonyl (C=O) groups is 1. The Morgan fingerprint density at radius 3 is 2.47 bits per heavy atom. The van der Waals surface area contributed by atoms with Crippen LogP contribution in [0.5, 0.6) is 0 Å². The summed E-state index contributed by atoms with van der Waals surface area (Å²) in [6, 6.07) is 4.02. The van der Waals surface area contributed by atoms with Gasteiger partial charge >= 0.3 is 5.97 Å². The van der Waals surface area contributed by atoms with Crippen molar-refractivity contribution in [1.82, 2.24) is 0 Å². The predicted octanol–water partition coefficient (Wildman–Crippen LogP) is 3.10. The average molecular weight is 204 g/mol. The standard InChI is InChI=1S/C13H16O2/c1-5-13(4)11-7-9(3)8(2)6-10(11)12(14)15-13/h6-7H,5H2,1-4H3. The third-order valence-electron chi connectivity index (χ3n) is 3.42. The quantitative estimate of drug-likeness (QED) is 0.657. The molecule has 1 unspecified atom stereocenters. The van der Waals surface area contributed by atoms with Gasteiger partial charge in [-0.15, -0.1) is 0 Å². The third kappa shape index (κ3) is 1.36. The Hall–Kier alpha value is -1.31. The molecule has 2 heteroatoms. The number of aryl methyl sites for hydroxylation is 2. The number of benzene rings is 1. The van der Waals surface area contributed by atoms with E-state index in [0.29, 0.717) is 0 Å². The van der Waals surface area contributed by atoms with E-state index >= 15 is 0 Å². The molecule has 0 bridgehead atoms. The van der Waals surface area contributed by atoms with Crippen LogP contribution in [0.4, 0.5) is 0 Å². The van der Waals surface area contributed by atoms with Crippen LogP contribution in [-0.2, 0) is 10.3 Å². The smallest absolute Gasteiger partial charge is 0.339 e. The van der Waals surface area contributed by atoms with E-state index in [1.165, 1.54) is 5.56 Å². The first-order valence-corrected chi connectivity index (χ1v) is 5.33. The second-order valence-electron chi connectivity index (χ2n) is 4.46. The fourth-order valence-electron chi connectivity index (χ4n) is 2.00. The zero-order valence-electron chi connectivity index (χ0n) is 9.68. The van der Waals surface area contributed by atoms with Crippen molar-refractivity contribution in [3.8, 4) is 0 Å². The lowest BCUT2D eigenvalue weighted by molar-refractivity contribution is -0.000786. The number of cyclic esters (lactones) is 1. The monoisotopic (exact) mass is 204 g/mol. The van der Waals surface area contributed by atoms with E-state index in [2.05, 4.69) is 13.0 Å². The molecular weight excluding hydrogens is 188 g/mol. The van der Waals surface area contributed by atoms with Crippen LogP contribution >= 0.6 is 0 Å². The number of carbonyl (C=O) groups excluding carboxylic acids is 1. The van der Waals surface area contributed by atoms with Crippen molar-refractivity contribution in [2.75, 3.05) is 0 Å². The Morgan fingerprint density at radius 2 is 1.87 bits per heavy atom. The van der Waals surface area contributed by atoms with E-state index in [9.17, 15) is 4.79 Å². The van der Waals surface area contributed by atoms with E-state index in [1.807, 2.05) is 26.8 Å². The van der Waals surface area contributed by atoms with Crippen LogP contribution in [0.2, 0.25) is 0 Å². The molecule has 1 aliphatic heterocycles. The summed E-state index contributed by atoms with van der Waals surface area (Å²) in [6.07, 6.45) is 0.814. The Balaban J connectivity index is 2.66. The van der Waals surface area contributed by atoms with Crippen molar-refractivity contribution in [1.29, 1.82) is 0 Å². The highest BCUT2D eigenvalue weighted by Gasteiger charge is 2.40. The summed E-state index contributed by atoms with van der Waals surface area (Å²) >= 11 is 0. The number of hydrogen-bond donors (Lipinski definition) is 0. The van der Waals surface area contributed by atoms with Crippen molar-refractivity contribution in [2.24, 2.45) is 0 Å². The lowest BCUT2D eigenvalue weighted by Crippen LogP contribution is -2.20. The zero-order valence-corrected chi connectivity index (χ0v) is 9.68. The molecule has 0 saturated carbocycles. The van der Waals surface area contributed by atoms with E-state index in [1.54, 1.807) is 0 Å². The molecule has 1 aromatic rings. The van der Waals surface area contributed by atoms with Gasteiger partial charge in [0.15, 0.2) is 0 Å². The summed E-state index contributed by atoms with van der Waals surface area (Å²) in [5.74, 6) is -0.183. The van der Waals surface area contributed by atoms with Crippen molar-refractivity contribution < 1.29 is 9.53 Å². The van der Waals surface area contributed by atoms with Crippen LogP contribution in [0.3, 0.4) is 0 Å². The molecule has 1 atom stereocenters. The molecule has 0 fully saturated rings. The summed E-state index contributed by atoms with van der Waals surface area (Å²) in [5.41, 5.74) is 3.71. The maximum Gasteiger partial charge on any atom is 0.339 e. The summed E-state index contributed by atoms with van der Waals surface area (Å²) in [4.78, 5) is 11.7. The molecule has 2 rings (SSSR count). The second kappa shape index (κ2) is 3.09. The second-order valence-corrected chi connectivity index (χ2v) is 4.46. The van der Waals surface area contributed by atoms with Crippen LogP contribution < -0.4 is 0 Å². The minimum atomic E-state index is -0.426. The van der Waals surface area contributed by atoms with E-state index < -0.39 is 5.60 Å². The average Bonchev–Trinajstić information content (AvgIpc) is 2.42. The molecule has 0 aromatic heterocycles. The first kappa shape index (κ1) is 10.2. The van der Waals surface area contributed by atoms with Crippen molar-refractivity contribution in [3.63, 3.8) is 0 Å². The molecule has 1 aromatic carbocycles. The number of rotatable bonds is 1. The lowest BCUT2D eigenvalue weighted by atomic mass is 9.89. The topological polar surface area (TPSA) is 26.3 Å². The molecule has 0 N–H and O–H groups in total. The van der Waals surface area contributed by atoms with Crippen LogP contribution in [0.1, 0.15) is 47.3 Å². The van der Waals surface area contributed by atoms with Gasteiger partial charge in [-0.05, 0) is 44.4 Å². The number of fused-ring (bicyclic) bond motifs is 1. The van der Waals surface area contributed by atoms with Gasteiger partial charge in [0.05, 0.1) is 5.56 Å². The number of esters is 1. The van der Waals surface area contributed by atoms with Crippen molar-refractivity contribution in [3.05, 3.63) is 34.4 Å². The molecule has 1 aliphatic rings. The number of ether oxygens (including phenoxy) is 1. The maximum absolute atomic E-state index is 11.7. The first-order chi connectivity index (χ1) is 6.98. The lowest BCUT2D eigenvalue weighted by Gasteiger charge is -2.22. The van der Waals surface area contributed by atoms with Gasteiger partial charge in [0, 0.05) is 5.56 Å². The summed E-state index contributed by atoms with van der Waals surface area (Å²) in [7, 11) is 0. The Morgan fingerprint density at radius 1 is 1.27 bits per heavy atom. The fourth-order valence-corrected chi connectivity index (χ4v) is 2.00. The van der Waals surface area contributed by atoms with E-state index in [-0.39, 0.29) is 5.97 Å². The van der Waals surface area contributed by atoms with Gasteiger partial charge in [0.1, 0.15) is 5.60 Å². The SMILES string of the molecule is CCC1(C)OC(=O)c2cc(C)c(C)cc21. The highest BCUT2D eigenvalue weighted by atomic mass is 16.6. The molecule has 2 nitrogen and oxygen atoms in total.